The van der Waals surface area contributed by atoms with Crippen molar-refractivity contribution in [3.8, 4) is 0 Å². The van der Waals surface area contributed by atoms with Crippen molar-refractivity contribution in [2.45, 2.75) is 51.5 Å². The molecule has 124 valence electrons. The monoisotopic (exact) mass is 319 g/mol. The maximum atomic E-state index is 13.4. The molecule has 0 radical (unpaired) electrons. The van der Waals surface area contributed by atoms with Gasteiger partial charge in [-0.2, -0.15) is 0 Å². The molecular weight excluding hydrogens is 296 g/mol. The summed E-state index contributed by atoms with van der Waals surface area (Å²) in [6.45, 7) is 1.84. The molecule has 0 aromatic heterocycles. The molecule has 4 heteroatoms. The van der Waals surface area contributed by atoms with Gasteiger partial charge in [0.2, 0.25) is 5.91 Å². The lowest BCUT2D eigenvalue weighted by molar-refractivity contribution is -0.147. The Hall–Kier alpha value is -1.45. The van der Waals surface area contributed by atoms with Crippen molar-refractivity contribution < 1.29 is 13.6 Å². The molecule has 1 atom stereocenters. The van der Waals surface area contributed by atoms with Gasteiger partial charge in [0.05, 0.1) is 6.04 Å². The van der Waals surface area contributed by atoms with Gasteiger partial charge in [-0.3, -0.25) is 4.79 Å². The van der Waals surface area contributed by atoms with E-state index in [0.29, 0.717) is 23.3 Å². The Kier molecular flexibility index (Phi) is 3.47. The molecule has 5 rings (SSSR count). The maximum absolute atomic E-state index is 13.4. The van der Waals surface area contributed by atoms with Gasteiger partial charge in [-0.25, -0.2) is 8.78 Å². The fraction of sp³-hybridized carbons (Fsp3) is 0.632. The fourth-order valence-electron chi connectivity index (χ4n) is 5.60. The minimum atomic E-state index is -0.863. The molecule has 4 bridgehead atoms. The molecule has 2 nitrogen and oxygen atoms in total. The van der Waals surface area contributed by atoms with Crippen LogP contribution in [0.5, 0.6) is 0 Å². The predicted molar refractivity (Wildman–Crippen MR) is 83.5 cm³/mol. The molecule has 4 saturated carbocycles. The van der Waals surface area contributed by atoms with Gasteiger partial charge in [0.25, 0.3) is 0 Å². The van der Waals surface area contributed by atoms with Crippen molar-refractivity contribution in [1.82, 2.24) is 5.32 Å². The summed E-state index contributed by atoms with van der Waals surface area (Å²) in [5.41, 5.74) is 0.406. The van der Waals surface area contributed by atoms with Crippen LogP contribution in [0.15, 0.2) is 18.2 Å². The van der Waals surface area contributed by atoms with Gasteiger partial charge in [0.1, 0.15) is 0 Å². The van der Waals surface area contributed by atoms with Crippen LogP contribution in [-0.4, -0.2) is 5.91 Å². The quantitative estimate of drug-likeness (QED) is 0.881. The molecule has 0 heterocycles. The number of benzene rings is 1. The first kappa shape index (κ1) is 15.1. The number of nitrogens with one attached hydrogen (secondary N) is 1. The molecular formula is C19H23F2NO. The van der Waals surface area contributed by atoms with Crippen molar-refractivity contribution >= 4 is 5.91 Å². The van der Waals surface area contributed by atoms with Crippen LogP contribution in [-0.2, 0) is 4.79 Å². The van der Waals surface area contributed by atoms with Gasteiger partial charge < -0.3 is 5.32 Å². The third-order valence-electron chi connectivity index (χ3n) is 6.31. The number of halogens is 2. The summed E-state index contributed by atoms with van der Waals surface area (Å²) in [4.78, 5) is 13.0. The highest BCUT2D eigenvalue weighted by molar-refractivity contribution is 5.83. The van der Waals surface area contributed by atoms with Crippen LogP contribution in [0, 0.1) is 34.8 Å². The van der Waals surface area contributed by atoms with E-state index in [1.165, 1.54) is 25.3 Å². The Balaban J connectivity index is 1.50. The average molecular weight is 319 g/mol. The van der Waals surface area contributed by atoms with Crippen LogP contribution in [0.25, 0.3) is 0 Å². The average Bonchev–Trinajstić information content (AvgIpc) is 2.48. The number of hydrogen-bond acceptors (Lipinski definition) is 1. The minimum Gasteiger partial charge on any atom is -0.349 e. The van der Waals surface area contributed by atoms with E-state index in [-0.39, 0.29) is 17.4 Å². The second kappa shape index (κ2) is 5.29. The summed E-state index contributed by atoms with van der Waals surface area (Å²) in [5, 5.41) is 3.07. The summed E-state index contributed by atoms with van der Waals surface area (Å²) in [6.07, 6.45) is 6.92. The summed E-state index contributed by atoms with van der Waals surface area (Å²) in [6, 6.07) is 3.55. The predicted octanol–water partition coefficient (Wildman–Crippen LogP) is 4.36. The van der Waals surface area contributed by atoms with Gasteiger partial charge in [0, 0.05) is 5.41 Å². The first-order valence-corrected chi connectivity index (χ1v) is 8.71. The zero-order valence-electron chi connectivity index (χ0n) is 13.4. The Bertz CT molecular complexity index is 607. The molecule has 23 heavy (non-hydrogen) atoms. The Morgan fingerprint density at radius 1 is 1.09 bits per heavy atom. The van der Waals surface area contributed by atoms with Crippen LogP contribution in [0.3, 0.4) is 0 Å². The molecule has 1 N–H and O–H groups in total. The molecule has 1 aromatic carbocycles. The second-order valence-electron chi connectivity index (χ2n) is 8.07. The van der Waals surface area contributed by atoms with Crippen LogP contribution < -0.4 is 5.32 Å². The van der Waals surface area contributed by atoms with E-state index in [9.17, 15) is 13.6 Å². The molecule has 1 amide bonds. The number of rotatable bonds is 3. The summed E-state index contributed by atoms with van der Waals surface area (Å²) >= 11 is 0. The standard InChI is InChI=1S/C19H23F2NO/c1-11(15-2-3-16(20)17(21)7-15)22-18(23)19-8-12-4-13(9-19)6-14(5-12)10-19/h2-3,7,11-14H,4-6,8-10H2,1H3,(H,22,23). The van der Waals surface area contributed by atoms with Gasteiger partial charge in [0.15, 0.2) is 11.6 Å². The molecule has 0 saturated heterocycles. The largest absolute Gasteiger partial charge is 0.349 e. The van der Waals surface area contributed by atoms with E-state index in [2.05, 4.69) is 5.32 Å². The van der Waals surface area contributed by atoms with E-state index >= 15 is 0 Å². The van der Waals surface area contributed by atoms with E-state index in [0.717, 1.165) is 25.3 Å². The van der Waals surface area contributed by atoms with Crippen molar-refractivity contribution in [3.05, 3.63) is 35.4 Å². The van der Waals surface area contributed by atoms with E-state index in [1.807, 2.05) is 6.92 Å². The fourth-order valence-corrected chi connectivity index (χ4v) is 5.60. The van der Waals surface area contributed by atoms with Gasteiger partial charge >= 0.3 is 0 Å². The first-order chi connectivity index (χ1) is 10.9. The zero-order valence-corrected chi connectivity index (χ0v) is 13.4. The van der Waals surface area contributed by atoms with Crippen molar-refractivity contribution in [1.29, 1.82) is 0 Å². The van der Waals surface area contributed by atoms with Crippen molar-refractivity contribution in [3.63, 3.8) is 0 Å². The summed E-state index contributed by atoms with van der Waals surface area (Å²) in [7, 11) is 0. The lowest BCUT2D eigenvalue weighted by atomic mass is 9.49. The van der Waals surface area contributed by atoms with E-state index < -0.39 is 11.6 Å². The number of carbonyl (C=O) groups is 1. The maximum Gasteiger partial charge on any atom is 0.226 e. The third kappa shape index (κ3) is 2.56. The SMILES string of the molecule is CC(NC(=O)C12CC3CC(CC(C3)C1)C2)c1ccc(F)c(F)c1. The Morgan fingerprint density at radius 2 is 1.65 bits per heavy atom. The minimum absolute atomic E-state index is 0.119. The Morgan fingerprint density at radius 3 is 2.17 bits per heavy atom. The van der Waals surface area contributed by atoms with Crippen LogP contribution in [0.1, 0.15) is 57.1 Å². The molecule has 0 aliphatic heterocycles. The normalized spacial score (nSPS) is 36.0. The number of hydrogen-bond donors (Lipinski definition) is 1. The van der Waals surface area contributed by atoms with E-state index in [1.54, 1.807) is 6.07 Å². The zero-order chi connectivity index (χ0) is 16.2. The summed E-state index contributed by atoms with van der Waals surface area (Å²) in [5.74, 6) is 0.544. The first-order valence-electron chi connectivity index (χ1n) is 8.71. The lowest BCUT2D eigenvalue weighted by Gasteiger charge is -2.55. The highest BCUT2D eigenvalue weighted by Crippen LogP contribution is 2.60. The third-order valence-corrected chi connectivity index (χ3v) is 6.31. The van der Waals surface area contributed by atoms with Crippen LogP contribution >= 0.6 is 0 Å². The molecule has 4 fully saturated rings. The number of carbonyl (C=O) groups excluding carboxylic acids is 1. The molecule has 4 aliphatic rings. The highest BCUT2D eigenvalue weighted by Gasteiger charge is 2.54. The van der Waals surface area contributed by atoms with Gasteiger partial charge in [-0.15, -0.1) is 0 Å². The Labute approximate surface area is 135 Å². The van der Waals surface area contributed by atoms with Crippen molar-refractivity contribution in [2.75, 3.05) is 0 Å². The molecule has 1 aromatic rings. The lowest BCUT2D eigenvalue weighted by Crippen LogP contribution is -2.53. The molecule has 1 unspecified atom stereocenters. The highest BCUT2D eigenvalue weighted by atomic mass is 19.2. The van der Waals surface area contributed by atoms with E-state index in [4.69, 9.17) is 0 Å². The second-order valence-corrected chi connectivity index (χ2v) is 8.07. The van der Waals surface area contributed by atoms with Gasteiger partial charge in [-0.05, 0) is 80.9 Å². The van der Waals surface area contributed by atoms with Crippen LogP contribution in [0.4, 0.5) is 8.78 Å². The topological polar surface area (TPSA) is 29.1 Å². The van der Waals surface area contributed by atoms with Crippen LogP contribution in [0.2, 0.25) is 0 Å². The molecule has 4 aliphatic carbocycles. The molecule has 0 spiro atoms. The van der Waals surface area contributed by atoms with Crippen molar-refractivity contribution in [2.24, 2.45) is 23.2 Å². The number of amides is 1. The van der Waals surface area contributed by atoms with Gasteiger partial charge in [-0.1, -0.05) is 6.07 Å². The summed E-state index contributed by atoms with van der Waals surface area (Å²) < 4.78 is 26.5. The smallest absolute Gasteiger partial charge is 0.226 e.